The van der Waals surface area contributed by atoms with E-state index in [-0.39, 0.29) is 5.91 Å². The first-order valence-electron chi connectivity index (χ1n) is 7.02. The fourth-order valence-corrected chi connectivity index (χ4v) is 2.79. The van der Waals surface area contributed by atoms with E-state index in [2.05, 4.69) is 14.9 Å². The van der Waals surface area contributed by atoms with Crippen molar-refractivity contribution < 1.29 is 9.53 Å². The maximum Gasteiger partial charge on any atom is 0.269 e. The second-order valence-corrected chi connectivity index (χ2v) is 5.76. The van der Waals surface area contributed by atoms with Gasteiger partial charge in [-0.25, -0.2) is 0 Å². The molecule has 0 saturated heterocycles. The van der Waals surface area contributed by atoms with Crippen LogP contribution in [0.15, 0.2) is 48.5 Å². The SMILES string of the molecule is COc1cccc(-c2nnsc2C(=O)Nc2cccc(C)c2)c1. The van der Waals surface area contributed by atoms with Gasteiger partial charge in [0.05, 0.1) is 7.11 Å². The number of aryl methyl sites for hydroxylation is 1. The fraction of sp³-hybridized carbons (Fsp3) is 0.118. The van der Waals surface area contributed by atoms with Gasteiger partial charge in [0.2, 0.25) is 0 Å². The Morgan fingerprint density at radius 3 is 2.78 bits per heavy atom. The third-order valence-electron chi connectivity index (χ3n) is 3.31. The summed E-state index contributed by atoms with van der Waals surface area (Å²) in [4.78, 5) is 13.0. The molecule has 0 bridgehead atoms. The van der Waals surface area contributed by atoms with Gasteiger partial charge in [0.1, 0.15) is 16.3 Å². The lowest BCUT2D eigenvalue weighted by molar-refractivity contribution is 0.103. The molecular weight excluding hydrogens is 310 g/mol. The molecule has 23 heavy (non-hydrogen) atoms. The third-order valence-corrected chi connectivity index (χ3v) is 4.04. The summed E-state index contributed by atoms with van der Waals surface area (Å²) in [6.45, 7) is 1.98. The van der Waals surface area contributed by atoms with Crippen molar-refractivity contribution in [1.29, 1.82) is 0 Å². The number of methoxy groups -OCH3 is 1. The molecule has 0 atom stereocenters. The smallest absolute Gasteiger partial charge is 0.269 e. The van der Waals surface area contributed by atoms with E-state index in [9.17, 15) is 4.79 Å². The highest BCUT2D eigenvalue weighted by Crippen LogP contribution is 2.27. The second-order valence-electron chi connectivity index (χ2n) is 5.01. The zero-order valence-electron chi connectivity index (χ0n) is 12.7. The number of hydrogen-bond donors (Lipinski definition) is 1. The Labute approximate surface area is 138 Å². The van der Waals surface area contributed by atoms with Gasteiger partial charge in [0.25, 0.3) is 5.91 Å². The Balaban J connectivity index is 1.89. The molecule has 0 spiro atoms. The number of hydrogen-bond acceptors (Lipinski definition) is 5. The predicted octanol–water partition coefficient (Wildman–Crippen LogP) is 3.77. The summed E-state index contributed by atoms with van der Waals surface area (Å²) < 4.78 is 9.14. The van der Waals surface area contributed by atoms with Gasteiger partial charge in [-0.05, 0) is 48.3 Å². The molecule has 3 aromatic rings. The summed E-state index contributed by atoms with van der Waals surface area (Å²) in [6.07, 6.45) is 0. The topological polar surface area (TPSA) is 64.1 Å². The summed E-state index contributed by atoms with van der Waals surface area (Å²) >= 11 is 1.08. The molecule has 1 aromatic heterocycles. The van der Waals surface area contributed by atoms with Crippen molar-refractivity contribution in [2.24, 2.45) is 0 Å². The van der Waals surface area contributed by atoms with E-state index in [0.29, 0.717) is 16.3 Å². The van der Waals surface area contributed by atoms with Gasteiger partial charge in [-0.1, -0.05) is 28.8 Å². The van der Waals surface area contributed by atoms with Crippen LogP contribution in [0, 0.1) is 6.92 Å². The van der Waals surface area contributed by atoms with Crippen LogP contribution >= 0.6 is 11.5 Å². The summed E-state index contributed by atoms with van der Waals surface area (Å²) in [5.41, 5.74) is 3.18. The molecule has 5 nitrogen and oxygen atoms in total. The molecule has 0 unspecified atom stereocenters. The van der Waals surface area contributed by atoms with Gasteiger partial charge in [-0.15, -0.1) is 5.10 Å². The van der Waals surface area contributed by atoms with Gasteiger partial charge >= 0.3 is 0 Å². The number of nitrogens with one attached hydrogen (secondary N) is 1. The van der Waals surface area contributed by atoms with E-state index in [1.54, 1.807) is 7.11 Å². The minimum atomic E-state index is -0.219. The number of rotatable bonds is 4. The lowest BCUT2D eigenvalue weighted by Gasteiger charge is -2.06. The van der Waals surface area contributed by atoms with Gasteiger partial charge in [0.15, 0.2) is 0 Å². The first-order chi connectivity index (χ1) is 11.2. The van der Waals surface area contributed by atoms with Gasteiger partial charge in [-0.3, -0.25) is 4.79 Å². The van der Waals surface area contributed by atoms with Crippen LogP contribution in [0.25, 0.3) is 11.3 Å². The van der Waals surface area contributed by atoms with Crippen LogP contribution in [0.1, 0.15) is 15.2 Å². The second kappa shape index (κ2) is 6.58. The molecule has 6 heteroatoms. The monoisotopic (exact) mass is 325 g/mol. The van der Waals surface area contributed by atoms with Gasteiger partial charge in [0, 0.05) is 11.3 Å². The Kier molecular flexibility index (Phi) is 4.34. The zero-order valence-corrected chi connectivity index (χ0v) is 13.6. The van der Waals surface area contributed by atoms with Crippen molar-refractivity contribution >= 4 is 23.1 Å². The predicted molar refractivity (Wildman–Crippen MR) is 91.0 cm³/mol. The minimum Gasteiger partial charge on any atom is -0.497 e. The van der Waals surface area contributed by atoms with Crippen LogP contribution < -0.4 is 10.1 Å². The molecular formula is C17H15N3O2S. The molecule has 0 saturated carbocycles. The van der Waals surface area contributed by atoms with Gasteiger partial charge in [-0.2, -0.15) is 0 Å². The average molecular weight is 325 g/mol. The molecule has 1 N–H and O–H groups in total. The van der Waals surface area contributed by atoms with Crippen LogP contribution in [0.3, 0.4) is 0 Å². The average Bonchev–Trinajstić information content (AvgIpc) is 3.05. The highest BCUT2D eigenvalue weighted by Gasteiger charge is 2.18. The molecule has 0 fully saturated rings. The van der Waals surface area contributed by atoms with E-state index in [1.807, 2.05) is 55.5 Å². The Morgan fingerprint density at radius 2 is 2.00 bits per heavy atom. The Bertz CT molecular complexity index is 845. The number of nitrogens with zero attached hydrogens (tertiary/aromatic N) is 2. The quantitative estimate of drug-likeness (QED) is 0.793. The van der Waals surface area contributed by atoms with Crippen LogP contribution in [0.5, 0.6) is 5.75 Å². The maximum absolute atomic E-state index is 12.5. The van der Waals surface area contributed by atoms with Crippen molar-refractivity contribution in [1.82, 2.24) is 9.59 Å². The van der Waals surface area contributed by atoms with Crippen LogP contribution in [-0.2, 0) is 0 Å². The highest BCUT2D eigenvalue weighted by atomic mass is 32.1. The highest BCUT2D eigenvalue weighted by molar-refractivity contribution is 7.08. The number of carbonyl (C=O) groups is 1. The fourth-order valence-electron chi connectivity index (χ4n) is 2.21. The van der Waals surface area contributed by atoms with E-state index in [0.717, 1.165) is 28.3 Å². The van der Waals surface area contributed by atoms with Crippen molar-refractivity contribution in [3.63, 3.8) is 0 Å². The summed E-state index contributed by atoms with van der Waals surface area (Å²) in [6, 6.07) is 15.1. The molecule has 1 amide bonds. The van der Waals surface area contributed by atoms with Crippen LogP contribution in [0.2, 0.25) is 0 Å². The van der Waals surface area contributed by atoms with E-state index < -0.39 is 0 Å². The number of carbonyl (C=O) groups excluding carboxylic acids is 1. The number of benzene rings is 2. The van der Waals surface area contributed by atoms with Gasteiger partial charge < -0.3 is 10.1 Å². The van der Waals surface area contributed by atoms with Crippen molar-refractivity contribution in [3.05, 3.63) is 59.0 Å². The minimum absolute atomic E-state index is 0.219. The third kappa shape index (κ3) is 3.37. The zero-order chi connectivity index (χ0) is 16.2. The normalized spacial score (nSPS) is 10.3. The first kappa shape index (κ1) is 15.2. The maximum atomic E-state index is 12.5. The van der Waals surface area contributed by atoms with E-state index >= 15 is 0 Å². The van der Waals surface area contributed by atoms with E-state index in [4.69, 9.17) is 4.74 Å². The van der Waals surface area contributed by atoms with Crippen LogP contribution in [-0.4, -0.2) is 22.6 Å². The largest absolute Gasteiger partial charge is 0.497 e. The van der Waals surface area contributed by atoms with Crippen molar-refractivity contribution in [3.8, 4) is 17.0 Å². The molecule has 116 valence electrons. The lowest BCUT2D eigenvalue weighted by Crippen LogP contribution is -2.11. The number of ether oxygens (including phenoxy) is 1. The van der Waals surface area contributed by atoms with Crippen molar-refractivity contribution in [2.45, 2.75) is 6.92 Å². The molecule has 0 aliphatic rings. The molecule has 2 aromatic carbocycles. The summed E-state index contributed by atoms with van der Waals surface area (Å²) in [7, 11) is 1.60. The number of anilines is 1. The summed E-state index contributed by atoms with van der Waals surface area (Å²) in [5.74, 6) is 0.490. The molecule has 0 aliphatic heterocycles. The van der Waals surface area contributed by atoms with Crippen LogP contribution in [0.4, 0.5) is 5.69 Å². The van der Waals surface area contributed by atoms with Crippen molar-refractivity contribution in [2.75, 3.05) is 12.4 Å². The standard InChI is InChI=1S/C17H15N3O2S/c1-11-5-3-7-13(9-11)18-17(21)16-15(19-20-23-16)12-6-4-8-14(10-12)22-2/h3-10H,1-2H3,(H,18,21). The molecule has 0 aliphatic carbocycles. The molecule has 1 heterocycles. The Morgan fingerprint density at radius 1 is 1.17 bits per heavy atom. The summed E-state index contributed by atoms with van der Waals surface area (Å²) in [5, 5.41) is 6.98. The van der Waals surface area contributed by atoms with E-state index in [1.165, 1.54) is 0 Å². The lowest BCUT2D eigenvalue weighted by atomic mass is 10.1. The first-order valence-corrected chi connectivity index (χ1v) is 7.79. The number of aromatic nitrogens is 2. The number of amides is 1. The Hall–Kier alpha value is -2.73. The molecule has 0 radical (unpaired) electrons. The molecule has 3 rings (SSSR count).